The molecule has 1 heterocycles. The van der Waals surface area contributed by atoms with Gasteiger partial charge in [-0.1, -0.05) is 20.8 Å². The lowest BCUT2D eigenvalue weighted by atomic mass is 9.49. The fourth-order valence-electron chi connectivity index (χ4n) is 6.91. The molecule has 0 amide bonds. The molecule has 1 atom stereocenters. The summed E-state index contributed by atoms with van der Waals surface area (Å²) in [5.41, 5.74) is 1.21. The van der Waals surface area contributed by atoms with E-state index in [9.17, 15) is 0 Å². The second-order valence-corrected chi connectivity index (χ2v) is 9.91. The molecular weight excluding hydrogens is 242 g/mol. The van der Waals surface area contributed by atoms with Crippen molar-refractivity contribution < 1.29 is 0 Å². The summed E-state index contributed by atoms with van der Waals surface area (Å²) in [4.78, 5) is 2.91. The second-order valence-electron chi connectivity index (χ2n) is 9.91. The van der Waals surface area contributed by atoms with Gasteiger partial charge in [0, 0.05) is 12.6 Å². The molecule has 5 rings (SSSR count). The van der Waals surface area contributed by atoms with Crippen LogP contribution in [0.15, 0.2) is 0 Å². The highest BCUT2D eigenvalue weighted by atomic mass is 15.2. The summed E-state index contributed by atoms with van der Waals surface area (Å²) < 4.78 is 0. The summed E-state index contributed by atoms with van der Waals surface area (Å²) in [6.07, 6.45) is 12.4. The number of nitrogens with zero attached hydrogens (tertiary/aromatic N) is 1. The molecule has 0 spiro atoms. The molecule has 4 aliphatic carbocycles. The standard InChI is InChI=1S/C19H33N/c1-18(2,3)17-5-4-6-20(17)13-19-10-14-7-15(11-19)9-16(8-14)12-19/h14-17H,4-13H2,1-3H3. The first kappa shape index (κ1) is 13.6. The molecule has 5 fully saturated rings. The normalized spacial score (nSPS) is 48.1. The van der Waals surface area contributed by atoms with Crippen molar-refractivity contribution in [3.63, 3.8) is 0 Å². The Bertz CT molecular complexity index is 342. The predicted octanol–water partition coefficient (Wildman–Crippen LogP) is 4.71. The number of rotatable bonds is 2. The van der Waals surface area contributed by atoms with Crippen LogP contribution < -0.4 is 0 Å². The van der Waals surface area contributed by atoms with Crippen molar-refractivity contribution in [2.24, 2.45) is 28.6 Å². The van der Waals surface area contributed by atoms with Crippen LogP contribution in [-0.4, -0.2) is 24.0 Å². The average molecular weight is 275 g/mol. The van der Waals surface area contributed by atoms with Gasteiger partial charge in [0.2, 0.25) is 0 Å². The third-order valence-corrected chi connectivity index (χ3v) is 7.07. The maximum Gasteiger partial charge on any atom is 0.0144 e. The summed E-state index contributed by atoms with van der Waals surface area (Å²) in [6.45, 7) is 10.2. The van der Waals surface area contributed by atoms with Gasteiger partial charge < -0.3 is 0 Å². The van der Waals surface area contributed by atoms with Gasteiger partial charge in [-0.05, 0) is 86.5 Å². The van der Waals surface area contributed by atoms with E-state index in [1.807, 2.05) is 0 Å². The SMILES string of the molecule is CC(C)(C)C1CCCN1CC12CC3CC(CC(C3)C1)C2. The Balaban J connectivity index is 1.51. The molecule has 0 radical (unpaired) electrons. The van der Waals surface area contributed by atoms with Crippen molar-refractivity contribution in [2.45, 2.75) is 78.2 Å². The highest BCUT2D eigenvalue weighted by Crippen LogP contribution is 2.60. The zero-order chi connectivity index (χ0) is 14.0. The van der Waals surface area contributed by atoms with E-state index in [2.05, 4.69) is 25.7 Å². The van der Waals surface area contributed by atoms with Gasteiger partial charge in [0.25, 0.3) is 0 Å². The van der Waals surface area contributed by atoms with E-state index in [1.54, 1.807) is 38.5 Å². The maximum absolute atomic E-state index is 2.91. The molecule has 0 N–H and O–H groups in total. The van der Waals surface area contributed by atoms with E-state index in [0.717, 1.165) is 29.2 Å². The summed E-state index contributed by atoms with van der Waals surface area (Å²) >= 11 is 0. The Morgan fingerprint density at radius 2 is 1.50 bits per heavy atom. The summed E-state index contributed by atoms with van der Waals surface area (Å²) in [7, 11) is 0. The van der Waals surface area contributed by atoms with Crippen LogP contribution in [0.25, 0.3) is 0 Å². The van der Waals surface area contributed by atoms with Gasteiger partial charge in [0.15, 0.2) is 0 Å². The average Bonchev–Trinajstić information content (AvgIpc) is 2.73. The molecule has 1 heteroatoms. The molecule has 0 aromatic rings. The Hall–Kier alpha value is -0.0400. The van der Waals surface area contributed by atoms with Crippen LogP contribution in [0.5, 0.6) is 0 Å². The highest BCUT2D eigenvalue weighted by molar-refractivity contribution is 5.04. The molecular formula is C19H33N. The summed E-state index contributed by atoms with van der Waals surface area (Å²) in [5, 5.41) is 0. The molecule has 1 unspecified atom stereocenters. The number of hydrogen-bond acceptors (Lipinski definition) is 1. The van der Waals surface area contributed by atoms with E-state index in [0.29, 0.717) is 5.41 Å². The maximum atomic E-state index is 2.91. The first-order valence-corrected chi connectivity index (χ1v) is 9.18. The molecule has 0 aromatic carbocycles. The lowest BCUT2D eigenvalue weighted by Gasteiger charge is -2.58. The van der Waals surface area contributed by atoms with Gasteiger partial charge >= 0.3 is 0 Å². The highest BCUT2D eigenvalue weighted by Gasteiger charge is 2.52. The van der Waals surface area contributed by atoms with E-state index in [-0.39, 0.29) is 0 Å². The Kier molecular flexibility index (Phi) is 3.05. The fraction of sp³-hybridized carbons (Fsp3) is 1.00. The number of likely N-dealkylation sites (tertiary alicyclic amines) is 1. The first-order valence-electron chi connectivity index (χ1n) is 9.18. The molecule has 1 saturated heterocycles. The molecule has 5 aliphatic rings. The van der Waals surface area contributed by atoms with Gasteiger partial charge in [-0.3, -0.25) is 4.90 Å². The largest absolute Gasteiger partial charge is 0.299 e. The lowest BCUT2D eigenvalue weighted by molar-refractivity contribution is -0.0754. The minimum absolute atomic E-state index is 0.471. The van der Waals surface area contributed by atoms with E-state index in [4.69, 9.17) is 0 Å². The van der Waals surface area contributed by atoms with Crippen LogP contribution in [0.4, 0.5) is 0 Å². The quantitative estimate of drug-likeness (QED) is 0.705. The van der Waals surface area contributed by atoms with E-state index < -0.39 is 0 Å². The molecule has 4 saturated carbocycles. The minimum Gasteiger partial charge on any atom is -0.299 e. The van der Waals surface area contributed by atoms with Crippen molar-refractivity contribution in [3.8, 4) is 0 Å². The second kappa shape index (κ2) is 4.48. The lowest BCUT2D eigenvalue weighted by Crippen LogP contribution is -2.53. The Morgan fingerprint density at radius 3 is 2.00 bits per heavy atom. The molecule has 1 aliphatic heterocycles. The van der Waals surface area contributed by atoms with E-state index in [1.165, 1.54) is 25.9 Å². The van der Waals surface area contributed by atoms with Crippen LogP contribution in [0.3, 0.4) is 0 Å². The van der Waals surface area contributed by atoms with E-state index >= 15 is 0 Å². The predicted molar refractivity (Wildman–Crippen MR) is 84.7 cm³/mol. The smallest absolute Gasteiger partial charge is 0.0144 e. The van der Waals surface area contributed by atoms with Crippen molar-refractivity contribution in [3.05, 3.63) is 0 Å². The molecule has 114 valence electrons. The Morgan fingerprint density at radius 1 is 0.950 bits per heavy atom. The third-order valence-electron chi connectivity index (χ3n) is 7.07. The van der Waals surface area contributed by atoms with Crippen LogP contribution in [0.1, 0.15) is 72.1 Å². The van der Waals surface area contributed by atoms with Gasteiger partial charge in [-0.2, -0.15) is 0 Å². The molecule has 20 heavy (non-hydrogen) atoms. The first-order chi connectivity index (χ1) is 9.44. The van der Waals surface area contributed by atoms with Crippen LogP contribution >= 0.6 is 0 Å². The van der Waals surface area contributed by atoms with Gasteiger partial charge in [-0.15, -0.1) is 0 Å². The molecule has 4 bridgehead atoms. The van der Waals surface area contributed by atoms with Gasteiger partial charge in [-0.25, -0.2) is 0 Å². The monoisotopic (exact) mass is 275 g/mol. The van der Waals surface area contributed by atoms with Crippen molar-refractivity contribution in [2.75, 3.05) is 13.1 Å². The van der Waals surface area contributed by atoms with Crippen LogP contribution in [0.2, 0.25) is 0 Å². The topological polar surface area (TPSA) is 3.24 Å². The minimum atomic E-state index is 0.471. The summed E-state index contributed by atoms with van der Waals surface area (Å²) in [5.74, 6) is 3.32. The molecule has 0 aromatic heterocycles. The third kappa shape index (κ3) is 2.25. The van der Waals surface area contributed by atoms with Crippen molar-refractivity contribution in [1.82, 2.24) is 4.90 Å². The van der Waals surface area contributed by atoms with Crippen LogP contribution in [-0.2, 0) is 0 Å². The van der Waals surface area contributed by atoms with Gasteiger partial charge in [0.1, 0.15) is 0 Å². The zero-order valence-electron chi connectivity index (χ0n) is 13.8. The summed E-state index contributed by atoms with van der Waals surface area (Å²) in [6, 6.07) is 0.843. The molecule has 1 nitrogen and oxygen atoms in total. The fourth-order valence-corrected chi connectivity index (χ4v) is 6.91. The number of hydrogen-bond donors (Lipinski definition) is 0. The Labute approximate surface area is 125 Å². The zero-order valence-corrected chi connectivity index (χ0v) is 13.8. The van der Waals surface area contributed by atoms with Gasteiger partial charge in [0.05, 0.1) is 0 Å². The van der Waals surface area contributed by atoms with Crippen molar-refractivity contribution in [1.29, 1.82) is 0 Å². The van der Waals surface area contributed by atoms with Crippen molar-refractivity contribution >= 4 is 0 Å². The van der Waals surface area contributed by atoms with Crippen LogP contribution in [0, 0.1) is 28.6 Å².